The van der Waals surface area contributed by atoms with Crippen molar-refractivity contribution in [2.75, 3.05) is 33.2 Å². The first kappa shape index (κ1) is 27.6. The van der Waals surface area contributed by atoms with Gasteiger partial charge < -0.3 is 18.9 Å². The lowest BCUT2D eigenvalue weighted by Gasteiger charge is -2.47. The van der Waals surface area contributed by atoms with E-state index in [1.54, 1.807) is 45.4 Å². The van der Waals surface area contributed by atoms with E-state index in [4.69, 9.17) is 18.9 Å². The molecule has 2 aromatic heterocycles. The lowest BCUT2D eigenvalue weighted by Crippen LogP contribution is -2.48. The SMILES string of the molecule is COc1cccc(-c2nnc(NS(=O)(=O)[C@@H](C)[C@@H](OC)C3CC(C)(C)C3)n2-c2c(OC)ncnc2OC)c1. The van der Waals surface area contributed by atoms with Crippen LogP contribution in [-0.4, -0.2) is 72.9 Å². The molecule has 13 heteroatoms. The number of benzene rings is 1. The summed E-state index contributed by atoms with van der Waals surface area (Å²) < 4.78 is 53.4. The number of rotatable bonds is 11. The maximum atomic E-state index is 13.7. The van der Waals surface area contributed by atoms with Crippen LogP contribution in [0.5, 0.6) is 17.5 Å². The zero-order valence-corrected chi connectivity index (χ0v) is 23.4. The summed E-state index contributed by atoms with van der Waals surface area (Å²) in [6, 6.07) is 7.13. The zero-order chi connectivity index (χ0) is 27.7. The monoisotopic (exact) mass is 546 g/mol. The predicted molar refractivity (Wildman–Crippen MR) is 141 cm³/mol. The molecule has 0 aliphatic heterocycles. The molecule has 0 amide bonds. The van der Waals surface area contributed by atoms with Crippen molar-refractivity contribution < 1.29 is 27.4 Å². The molecule has 4 rings (SSSR count). The third-order valence-electron chi connectivity index (χ3n) is 6.91. The van der Waals surface area contributed by atoms with Gasteiger partial charge in [0, 0.05) is 12.7 Å². The molecule has 3 aromatic rings. The van der Waals surface area contributed by atoms with Crippen LogP contribution in [0.4, 0.5) is 5.95 Å². The van der Waals surface area contributed by atoms with Crippen LogP contribution in [-0.2, 0) is 14.8 Å². The van der Waals surface area contributed by atoms with Crippen LogP contribution in [0.25, 0.3) is 17.1 Å². The van der Waals surface area contributed by atoms with Gasteiger partial charge in [-0.15, -0.1) is 10.2 Å². The number of ether oxygens (including phenoxy) is 4. The summed E-state index contributed by atoms with van der Waals surface area (Å²) in [5.74, 6) is 1.22. The third kappa shape index (κ3) is 5.25. The Hall–Kier alpha value is -3.45. The van der Waals surface area contributed by atoms with Gasteiger partial charge in [-0.3, -0.25) is 9.29 Å². The van der Waals surface area contributed by atoms with Gasteiger partial charge in [-0.25, -0.2) is 8.42 Å². The summed E-state index contributed by atoms with van der Waals surface area (Å²) >= 11 is 0. The second kappa shape index (κ2) is 10.7. The van der Waals surface area contributed by atoms with Gasteiger partial charge >= 0.3 is 0 Å². The highest BCUT2D eigenvalue weighted by Crippen LogP contribution is 2.48. The quantitative estimate of drug-likeness (QED) is 0.381. The molecule has 0 bridgehead atoms. The number of aromatic nitrogens is 5. The van der Waals surface area contributed by atoms with Crippen molar-refractivity contribution in [1.29, 1.82) is 0 Å². The number of nitrogens with zero attached hydrogens (tertiary/aromatic N) is 5. The van der Waals surface area contributed by atoms with E-state index in [9.17, 15) is 8.42 Å². The maximum Gasteiger partial charge on any atom is 0.245 e. The van der Waals surface area contributed by atoms with Crippen molar-refractivity contribution in [3.05, 3.63) is 30.6 Å². The molecule has 2 heterocycles. The van der Waals surface area contributed by atoms with Crippen molar-refractivity contribution >= 4 is 16.0 Å². The Balaban J connectivity index is 1.81. The van der Waals surface area contributed by atoms with E-state index in [-0.39, 0.29) is 34.7 Å². The standard InChI is InChI=1S/C25H34N6O6S/c1-15(20(35-5)17-12-25(2,3)13-17)38(32,33)30-24-29-28-21(16-9-8-10-18(11-16)34-4)31(24)19-22(36-6)26-14-27-23(19)37-7/h8-11,14-15,17,20H,12-13H2,1-7H3,(H,29,30)/t15-,20+/m0/s1. The molecule has 0 radical (unpaired) electrons. The summed E-state index contributed by atoms with van der Waals surface area (Å²) in [5.41, 5.74) is 1.01. The minimum atomic E-state index is -3.98. The Morgan fingerprint density at radius 2 is 1.68 bits per heavy atom. The fourth-order valence-corrected chi connectivity index (χ4v) is 6.36. The van der Waals surface area contributed by atoms with Crippen LogP contribution in [0.1, 0.15) is 33.6 Å². The lowest BCUT2D eigenvalue weighted by atomic mass is 9.62. The molecule has 206 valence electrons. The topological polar surface area (TPSA) is 140 Å². The minimum Gasteiger partial charge on any atom is -0.497 e. The molecule has 0 spiro atoms. The van der Waals surface area contributed by atoms with Crippen LogP contribution < -0.4 is 18.9 Å². The van der Waals surface area contributed by atoms with E-state index in [0.29, 0.717) is 17.1 Å². The molecular weight excluding hydrogens is 512 g/mol. The molecular formula is C25H34N6O6S. The summed E-state index contributed by atoms with van der Waals surface area (Å²) in [6.07, 6.45) is 2.57. The summed E-state index contributed by atoms with van der Waals surface area (Å²) in [5, 5.41) is 7.65. The Kier molecular flexibility index (Phi) is 7.79. The molecule has 0 unspecified atom stereocenters. The second-order valence-electron chi connectivity index (χ2n) is 10.0. The highest BCUT2D eigenvalue weighted by atomic mass is 32.2. The van der Waals surface area contributed by atoms with Gasteiger partial charge in [-0.1, -0.05) is 26.0 Å². The molecule has 2 atom stereocenters. The Labute approximate surface area is 222 Å². The molecule has 1 saturated carbocycles. The normalized spacial score (nSPS) is 16.8. The molecule has 1 aliphatic carbocycles. The summed E-state index contributed by atoms with van der Waals surface area (Å²) in [7, 11) is 2.00. The van der Waals surface area contributed by atoms with E-state index in [2.05, 4.69) is 38.7 Å². The van der Waals surface area contributed by atoms with Crippen LogP contribution in [0.2, 0.25) is 0 Å². The van der Waals surface area contributed by atoms with E-state index in [0.717, 1.165) is 12.8 Å². The Morgan fingerprint density at radius 1 is 1.03 bits per heavy atom. The molecule has 1 aliphatic rings. The van der Waals surface area contributed by atoms with Crippen molar-refractivity contribution in [3.8, 4) is 34.6 Å². The fourth-order valence-electron chi connectivity index (χ4n) is 5.11. The number of anilines is 1. The number of methoxy groups -OCH3 is 4. The highest BCUT2D eigenvalue weighted by molar-refractivity contribution is 7.93. The predicted octanol–water partition coefficient (Wildman–Crippen LogP) is 3.33. The first-order valence-electron chi connectivity index (χ1n) is 12.1. The molecule has 12 nitrogen and oxygen atoms in total. The van der Waals surface area contributed by atoms with Gasteiger partial charge in [0.1, 0.15) is 17.3 Å². The minimum absolute atomic E-state index is 0.0788. The van der Waals surface area contributed by atoms with Crippen molar-refractivity contribution in [1.82, 2.24) is 24.7 Å². The first-order valence-corrected chi connectivity index (χ1v) is 13.7. The van der Waals surface area contributed by atoms with Crippen LogP contribution in [0.15, 0.2) is 30.6 Å². The van der Waals surface area contributed by atoms with E-state index >= 15 is 0 Å². The molecule has 38 heavy (non-hydrogen) atoms. The smallest absolute Gasteiger partial charge is 0.245 e. The second-order valence-corrected chi connectivity index (χ2v) is 12.1. The van der Waals surface area contributed by atoms with Crippen molar-refractivity contribution in [2.24, 2.45) is 11.3 Å². The molecule has 1 fully saturated rings. The number of nitrogens with one attached hydrogen (secondary N) is 1. The molecule has 0 saturated heterocycles. The van der Waals surface area contributed by atoms with Gasteiger partial charge in [-0.05, 0) is 43.2 Å². The average Bonchev–Trinajstić information content (AvgIpc) is 3.29. The lowest BCUT2D eigenvalue weighted by molar-refractivity contribution is -0.0367. The van der Waals surface area contributed by atoms with E-state index in [1.165, 1.54) is 25.1 Å². The van der Waals surface area contributed by atoms with Gasteiger partial charge in [0.25, 0.3) is 0 Å². The van der Waals surface area contributed by atoms with Crippen molar-refractivity contribution in [3.63, 3.8) is 0 Å². The maximum absolute atomic E-state index is 13.7. The Morgan fingerprint density at radius 3 is 2.24 bits per heavy atom. The zero-order valence-electron chi connectivity index (χ0n) is 22.6. The largest absolute Gasteiger partial charge is 0.497 e. The van der Waals surface area contributed by atoms with Crippen LogP contribution in [0, 0.1) is 11.3 Å². The van der Waals surface area contributed by atoms with E-state index < -0.39 is 21.4 Å². The third-order valence-corrected chi connectivity index (χ3v) is 8.62. The number of hydrogen-bond acceptors (Lipinski definition) is 10. The van der Waals surface area contributed by atoms with Crippen molar-refractivity contribution in [2.45, 2.75) is 45.0 Å². The summed E-state index contributed by atoms with van der Waals surface area (Å²) in [6.45, 7) is 5.97. The first-order chi connectivity index (χ1) is 18.0. The van der Waals surface area contributed by atoms with Gasteiger partial charge in [0.15, 0.2) is 11.5 Å². The van der Waals surface area contributed by atoms with Gasteiger partial charge in [0.05, 0.1) is 27.4 Å². The Bertz CT molecular complexity index is 1360. The van der Waals surface area contributed by atoms with Crippen LogP contribution in [0.3, 0.4) is 0 Å². The average molecular weight is 547 g/mol. The highest BCUT2D eigenvalue weighted by Gasteiger charge is 2.45. The molecule has 1 aromatic carbocycles. The van der Waals surface area contributed by atoms with E-state index in [1.807, 2.05) is 0 Å². The number of sulfonamides is 1. The summed E-state index contributed by atoms with van der Waals surface area (Å²) in [4.78, 5) is 8.38. The fraction of sp³-hybridized carbons (Fsp3) is 0.520. The number of hydrogen-bond donors (Lipinski definition) is 1. The van der Waals surface area contributed by atoms with Crippen LogP contribution >= 0.6 is 0 Å². The van der Waals surface area contributed by atoms with Gasteiger partial charge in [-0.2, -0.15) is 9.97 Å². The molecule has 1 N–H and O–H groups in total. The van der Waals surface area contributed by atoms with Gasteiger partial charge in [0.2, 0.25) is 27.7 Å².